The van der Waals surface area contributed by atoms with Gasteiger partial charge in [-0.1, -0.05) is 30.3 Å². The molecule has 2 aliphatic heterocycles. The summed E-state index contributed by atoms with van der Waals surface area (Å²) in [6, 6.07) is 14.1. The molecule has 0 saturated carbocycles. The van der Waals surface area contributed by atoms with Crippen molar-refractivity contribution in [3.05, 3.63) is 47.3 Å². The molecule has 3 heterocycles. The van der Waals surface area contributed by atoms with Crippen molar-refractivity contribution in [1.82, 2.24) is 14.7 Å². The van der Waals surface area contributed by atoms with Crippen LogP contribution in [0.1, 0.15) is 28.9 Å². The minimum atomic E-state index is 0.106. The van der Waals surface area contributed by atoms with E-state index in [1.165, 1.54) is 6.42 Å². The van der Waals surface area contributed by atoms with Gasteiger partial charge in [0.15, 0.2) is 0 Å². The Morgan fingerprint density at radius 1 is 0.786 bits per heavy atom. The molecule has 5 nitrogen and oxygen atoms in total. The number of hydrogen-bond acceptors (Lipinski definition) is 4. The topological polar surface area (TPSA) is 43.9 Å². The first kappa shape index (κ1) is 19.2. The van der Waals surface area contributed by atoms with Crippen LogP contribution in [0.4, 0.5) is 0 Å². The first-order valence-corrected chi connectivity index (χ1v) is 11.0. The highest BCUT2D eigenvalue weighted by Gasteiger charge is 2.26. The summed E-state index contributed by atoms with van der Waals surface area (Å²) in [5, 5.41) is 0. The molecule has 2 aromatic rings. The molecule has 1 aromatic carbocycles. The maximum Gasteiger partial charge on any atom is 0.264 e. The molecular formula is C22H27N3O2S. The van der Waals surface area contributed by atoms with Crippen molar-refractivity contribution in [3.8, 4) is 10.4 Å². The molecular weight excluding hydrogens is 370 g/mol. The van der Waals surface area contributed by atoms with Gasteiger partial charge in [-0.2, -0.15) is 0 Å². The predicted octanol–water partition coefficient (Wildman–Crippen LogP) is 3.19. The molecule has 1 aromatic heterocycles. The Morgan fingerprint density at radius 3 is 2.21 bits per heavy atom. The maximum atomic E-state index is 12.9. The number of thiophene rings is 1. The van der Waals surface area contributed by atoms with Gasteiger partial charge in [-0.3, -0.25) is 14.5 Å². The van der Waals surface area contributed by atoms with Crippen LogP contribution >= 0.6 is 11.3 Å². The van der Waals surface area contributed by atoms with Crippen LogP contribution in [0.15, 0.2) is 42.5 Å². The number of carbonyl (C=O) groups excluding carboxylic acids is 2. The molecule has 0 bridgehead atoms. The highest BCUT2D eigenvalue weighted by atomic mass is 32.1. The van der Waals surface area contributed by atoms with E-state index < -0.39 is 0 Å². The molecule has 0 radical (unpaired) electrons. The van der Waals surface area contributed by atoms with Gasteiger partial charge in [-0.05, 0) is 37.0 Å². The molecule has 0 spiro atoms. The van der Waals surface area contributed by atoms with Crippen LogP contribution in [0.3, 0.4) is 0 Å². The number of carbonyl (C=O) groups is 2. The Kier molecular flexibility index (Phi) is 6.07. The monoisotopic (exact) mass is 397 g/mol. The zero-order chi connectivity index (χ0) is 19.3. The summed E-state index contributed by atoms with van der Waals surface area (Å²) in [6.07, 6.45) is 3.48. The van der Waals surface area contributed by atoms with Gasteiger partial charge >= 0.3 is 0 Å². The number of rotatable bonds is 4. The molecule has 0 atom stereocenters. The van der Waals surface area contributed by atoms with E-state index in [-0.39, 0.29) is 11.8 Å². The van der Waals surface area contributed by atoms with Crippen molar-refractivity contribution >= 4 is 23.2 Å². The zero-order valence-electron chi connectivity index (χ0n) is 16.2. The van der Waals surface area contributed by atoms with E-state index >= 15 is 0 Å². The Morgan fingerprint density at radius 2 is 1.50 bits per heavy atom. The molecule has 2 amide bonds. The fourth-order valence-corrected chi connectivity index (χ4v) is 4.89. The molecule has 6 heteroatoms. The van der Waals surface area contributed by atoms with Crippen LogP contribution in [-0.4, -0.2) is 72.3 Å². The Bertz CT molecular complexity index is 806. The summed E-state index contributed by atoms with van der Waals surface area (Å²) < 4.78 is 0. The number of piperidine rings is 1. The summed E-state index contributed by atoms with van der Waals surface area (Å²) in [4.78, 5) is 33.3. The lowest BCUT2D eigenvalue weighted by Gasteiger charge is -2.35. The molecule has 4 rings (SSSR count). The van der Waals surface area contributed by atoms with Crippen LogP contribution in [0.25, 0.3) is 10.4 Å². The molecule has 2 aliphatic rings. The van der Waals surface area contributed by atoms with Crippen LogP contribution in [-0.2, 0) is 4.79 Å². The molecule has 148 valence electrons. The van der Waals surface area contributed by atoms with Crippen molar-refractivity contribution in [1.29, 1.82) is 0 Å². The van der Waals surface area contributed by atoms with E-state index in [0.29, 0.717) is 19.6 Å². The lowest BCUT2D eigenvalue weighted by Crippen LogP contribution is -2.51. The normalized spacial score (nSPS) is 18.3. The van der Waals surface area contributed by atoms with E-state index in [0.717, 1.165) is 54.3 Å². The SMILES string of the molecule is O=C(CN1CCN(C(=O)c2ccc(-c3ccccc3)s2)CC1)N1CCCCC1. The first-order chi connectivity index (χ1) is 13.7. The highest BCUT2D eigenvalue weighted by Crippen LogP contribution is 2.28. The molecule has 28 heavy (non-hydrogen) atoms. The van der Waals surface area contributed by atoms with Crippen molar-refractivity contribution in [2.75, 3.05) is 45.8 Å². The predicted molar refractivity (Wildman–Crippen MR) is 113 cm³/mol. The van der Waals surface area contributed by atoms with Gasteiger partial charge in [0.2, 0.25) is 5.91 Å². The van der Waals surface area contributed by atoms with E-state index in [9.17, 15) is 9.59 Å². The minimum absolute atomic E-state index is 0.106. The lowest BCUT2D eigenvalue weighted by atomic mass is 10.1. The van der Waals surface area contributed by atoms with Gasteiger partial charge in [0.1, 0.15) is 0 Å². The van der Waals surface area contributed by atoms with Crippen molar-refractivity contribution < 1.29 is 9.59 Å². The van der Waals surface area contributed by atoms with Gasteiger partial charge in [0.25, 0.3) is 5.91 Å². The van der Waals surface area contributed by atoms with Crippen LogP contribution < -0.4 is 0 Å². The van der Waals surface area contributed by atoms with Gasteiger partial charge in [-0.15, -0.1) is 11.3 Å². The molecule has 2 fully saturated rings. The summed E-state index contributed by atoms with van der Waals surface area (Å²) in [6.45, 7) is 5.19. The Balaban J connectivity index is 1.29. The Labute approximate surface area is 170 Å². The van der Waals surface area contributed by atoms with Crippen LogP contribution in [0.2, 0.25) is 0 Å². The van der Waals surface area contributed by atoms with Crippen LogP contribution in [0, 0.1) is 0 Å². The Hall–Kier alpha value is -2.18. The summed E-state index contributed by atoms with van der Waals surface area (Å²) in [5.74, 6) is 0.347. The minimum Gasteiger partial charge on any atom is -0.342 e. The van der Waals surface area contributed by atoms with Gasteiger partial charge in [0, 0.05) is 44.1 Å². The van der Waals surface area contributed by atoms with Crippen molar-refractivity contribution in [2.24, 2.45) is 0 Å². The van der Waals surface area contributed by atoms with E-state index in [1.807, 2.05) is 40.1 Å². The van der Waals surface area contributed by atoms with Crippen molar-refractivity contribution in [3.63, 3.8) is 0 Å². The number of nitrogens with zero attached hydrogens (tertiary/aromatic N) is 3. The number of likely N-dealkylation sites (tertiary alicyclic amines) is 1. The third kappa shape index (κ3) is 4.45. The average molecular weight is 398 g/mol. The van der Waals surface area contributed by atoms with Gasteiger partial charge in [-0.25, -0.2) is 0 Å². The molecule has 0 unspecified atom stereocenters. The first-order valence-electron chi connectivity index (χ1n) is 10.2. The van der Waals surface area contributed by atoms with E-state index in [1.54, 1.807) is 11.3 Å². The second-order valence-electron chi connectivity index (χ2n) is 7.54. The number of hydrogen-bond donors (Lipinski definition) is 0. The van der Waals surface area contributed by atoms with Gasteiger partial charge in [0.05, 0.1) is 11.4 Å². The molecule has 0 N–H and O–H groups in total. The fourth-order valence-electron chi connectivity index (χ4n) is 3.91. The highest BCUT2D eigenvalue weighted by molar-refractivity contribution is 7.17. The molecule has 0 aliphatic carbocycles. The van der Waals surface area contributed by atoms with Gasteiger partial charge < -0.3 is 9.80 Å². The average Bonchev–Trinajstić information content (AvgIpc) is 3.25. The largest absolute Gasteiger partial charge is 0.342 e. The third-order valence-electron chi connectivity index (χ3n) is 5.60. The maximum absolute atomic E-state index is 12.9. The second-order valence-corrected chi connectivity index (χ2v) is 8.62. The lowest BCUT2D eigenvalue weighted by molar-refractivity contribution is -0.133. The molecule has 2 saturated heterocycles. The zero-order valence-corrected chi connectivity index (χ0v) is 17.0. The van der Waals surface area contributed by atoms with E-state index in [2.05, 4.69) is 17.0 Å². The standard InChI is InChI=1S/C22H27N3O2S/c26-21(24-11-5-2-6-12-24)17-23-13-15-25(16-14-23)22(27)20-10-9-19(28-20)18-7-3-1-4-8-18/h1,3-4,7-10H,2,5-6,11-17H2. The number of benzene rings is 1. The quantitative estimate of drug-likeness (QED) is 0.796. The summed E-state index contributed by atoms with van der Waals surface area (Å²) in [7, 11) is 0. The number of piperazine rings is 1. The number of amides is 2. The summed E-state index contributed by atoms with van der Waals surface area (Å²) in [5.41, 5.74) is 1.15. The second kappa shape index (κ2) is 8.88. The smallest absolute Gasteiger partial charge is 0.264 e. The fraction of sp³-hybridized carbons (Fsp3) is 0.455. The van der Waals surface area contributed by atoms with Crippen molar-refractivity contribution in [2.45, 2.75) is 19.3 Å². The third-order valence-corrected chi connectivity index (χ3v) is 6.72. The van der Waals surface area contributed by atoms with E-state index in [4.69, 9.17) is 0 Å². The van der Waals surface area contributed by atoms with Crippen LogP contribution in [0.5, 0.6) is 0 Å². The summed E-state index contributed by atoms with van der Waals surface area (Å²) >= 11 is 1.55.